The van der Waals surface area contributed by atoms with Gasteiger partial charge in [0.05, 0.1) is 6.10 Å². The predicted octanol–water partition coefficient (Wildman–Crippen LogP) is 1.80. The monoisotopic (exact) mass is 190 g/mol. The van der Waals surface area contributed by atoms with Crippen molar-refractivity contribution in [2.75, 3.05) is 0 Å². The SMILES string of the molecule is CC[C@@H]1CC(C)(F)[C@H](OC(C)=O)O1. The molecular formula is C9H15FO3. The van der Waals surface area contributed by atoms with Crippen LogP contribution < -0.4 is 0 Å². The number of halogens is 1. The molecule has 76 valence electrons. The second-order valence-electron chi connectivity index (χ2n) is 3.59. The van der Waals surface area contributed by atoms with Gasteiger partial charge in [-0.15, -0.1) is 0 Å². The molecule has 0 N–H and O–H groups in total. The summed E-state index contributed by atoms with van der Waals surface area (Å²) < 4.78 is 23.6. The number of hydrogen-bond donors (Lipinski definition) is 0. The molecule has 0 saturated carbocycles. The van der Waals surface area contributed by atoms with Gasteiger partial charge in [0, 0.05) is 13.3 Å². The summed E-state index contributed by atoms with van der Waals surface area (Å²) in [5, 5.41) is 0. The topological polar surface area (TPSA) is 35.5 Å². The first-order chi connectivity index (χ1) is 5.95. The maximum atomic E-state index is 13.7. The number of carbonyl (C=O) groups is 1. The molecule has 1 rings (SSSR count). The van der Waals surface area contributed by atoms with Gasteiger partial charge in [0.15, 0.2) is 5.67 Å². The van der Waals surface area contributed by atoms with Gasteiger partial charge >= 0.3 is 5.97 Å². The van der Waals surface area contributed by atoms with Crippen molar-refractivity contribution in [3.05, 3.63) is 0 Å². The highest BCUT2D eigenvalue weighted by Gasteiger charge is 2.47. The lowest BCUT2D eigenvalue weighted by Crippen LogP contribution is -2.33. The van der Waals surface area contributed by atoms with Crippen molar-refractivity contribution in [2.24, 2.45) is 0 Å². The Morgan fingerprint density at radius 2 is 2.38 bits per heavy atom. The predicted molar refractivity (Wildman–Crippen MR) is 44.8 cm³/mol. The van der Waals surface area contributed by atoms with Crippen molar-refractivity contribution in [1.82, 2.24) is 0 Å². The summed E-state index contributed by atoms with van der Waals surface area (Å²) in [7, 11) is 0. The van der Waals surface area contributed by atoms with E-state index < -0.39 is 17.9 Å². The van der Waals surface area contributed by atoms with Crippen LogP contribution in [0.25, 0.3) is 0 Å². The maximum Gasteiger partial charge on any atom is 0.305 e. The van der Waals surface area contributed by atoms with Gasteiger partial charge in [0.25, 0.3) is 0 Å². The van der Waals surface area contributed by atoms with Gasteiger partial charge in [-0.3, -0.25) is 4.79 Å². The molecule has 13 heavy (non-hydrogen) atoms. The Bertz CT molecular complexity index is 203. The second-order valence-corrected chi connectivity index (χ2v) is 3.59. The van der Waals surface area contributed by atoms with Crippen LogP contribution in [0.15, 0.2) is 0 Å². The largest absolute Gasteiger partial charge is 0.432 e. The standard InChI is InChI=1S/C9H15FO3/c1-4-7-5-9(3,10)8(13-7)12-6(2)11/h7-8H,4-5H2,1-3H3/t7-,8-,9?/m1/s1. The Morgan fingerprint density at radius 1 is 1.77 bits per heavy atom. The van der Waals surface area contributed by atoms with Crippen molar-refractivity contribution in [1.29, 1.82) is 0 Å². The molecule has 1 fully saturated rings. The average Bonchev–Trinajstić information content (AvgIpc) is 2.26. The molecule has 0 radical (unpaired) electrons. The molecule has 0 aromatic heterocycles. The Kier molecular flexibility index (Phi) is 2.91. The van der Waals surface area contributed by atoms with Crippen molar-refractivity contribution >= 4 is 5.97 Å². The number of carbonyl (C=O) groups excluding carboxylic acids is 1. The minimum atomic E-state index is -1.55. The zero-order valence-electron chi connectivity index (χ0n) is 8.17. The van der Waals surface area contributed by atoms with Crippen molar-refractivity contribution < 1.29 is 18.7 Å². The molecule has 1 heterocycles. The van der Waals surface area contributed by atoms with Crippen LogP contribution in [0.2, 0.25) is 0 Å². The highest BCUT2D eigenvalue weighted by molar-refractivity contribution is 5.66. The fourth-order valence-corrected chi connectivity index (χ4v) is 1.45. The van der Waals surface area contributed by atoms with E-state index in [2.05, 4.69) is 0 Å². The lowest BCUT2D eigenvalue weighted by molar-refractivity contribution is -0.190. The van der Waals surface area contributed by atoms with E-state index in [1.807, 2.05) is 6.92 Å². The van der Waals surface area contributed by atoms with Crippen LogP contribution in [0.1, 0.15) is 33.6 Å². The summed E-state index contributed by atoms with van der Waals surface area (Å²) in [5.74, 6) is -0.509. The number of rotatable bonds is 2. The van der Waals surface area contributed by atoms with Gasteiger partial charge in [-0.05, 0) is 13.3 Å². The van der Waals surface area contributed by atoms with Gasteiger partial charge in [-0.25, -0.2) is 4.39 Å². The Labute approximate surface area is 77.2 Å². The fourth-order valence-electron chi connectivity index (χ4n) is 1.45. The summed E-state index contributed by atoms with van der Waals surface area (Å²) in [6.45, 7) is 4.56. The molecule has 0 amide bonds. The first-order valence-corrected chi connectivity index (χ1v) is 4.47. The van der Waals surface area contributed by atoms with Crippen LogP contribution in [-0.2, 0) is 14.3 Å². The van der Waals surface area contributed by atoms with Gasteiger partial charge < -0.3 is 9.47 Å². The number of alkyl halides is 1. The van der Waals surface area contributed by atoms with Crippen LogP contribution in [0, 0.1) is 0 Å². The average molecular weight is 190 g/mol. The number of esters is 1. The maximum absolute atomic E-state index is 13.7. The lowest BCUT2D eigenvalue weighted by atomic mass is 10.0. The van der Waals surface area contributed by atoms with Crippen molar-refractivity contribution in [2.45, 2.75) is 51.7 Å². The van der Waals surface area contributed by atoms with E-state index in [4.69, 9.17) is 9.47 Å². The van der Waals surface area contributed by atoms with Gasteiger partial charge in [-0.1, -0.05) is 6.92 Å². The minimum absolute atomic E-state index is 0.139. The molecule has 0 spiro atoms. The molecule has 0 aromatic carbocycles. The zero-order valence-corrected chi connectivity index (χ0v) is 8.17. The van der Waals surface area contributed by atoms with E-state index in [0.29, 0.717) is 6.42 Å². The fraction of sp³-hybridized carbons (Fsp3) is 0.889. The third kappa shape index (κ3) is 2.40. The van der Waals surface area contributed by atoms with Crippen LogP contribution in [-0.4, -0.2) is 24.0 Å². The molecule has 0 aromatic rings. The van der Waals surface area contributed by atoms with Crippen LogP contribution >= 0.6 is 0 Å². The molecule has 1 unspecified atom stereocenters. The zero-order chi connectivity index (χ0) is 10.1. The minimum Gasteiger partial charge on any atom is -0.432 e. The van der Waals surface area contributed by atoms with E-state index >= 15 is 0 Å². The first kappa shape index (κ1) is 10.4. The van der Waals surface area contributed by atoms with E-state index in [1.54, 1.807) is 0 Å². The smallest absolute Gasteiger partial charge is 0.305 e. The van der Waals surface area contributed by atoms with E-state index in [1.165, 1.54) is 13.8 Å². The summed E-state index contributed by atoms with van der Waals surface area (Å²) in [6, 6.07) is 0. The Hall–Kier alpha value is -0.640. The third-order valence-corrected chi connectivity index (χ3v) is 2.16. The first-order valence-electron chi connectivity index (χ1n) is 4.47. The highest BCUT2D eigenvalue weighted by atomic mass is 19.1. The highest BCUT2D eigenvalue weighted by Crippen LogP contribution is 2.35. The van der Waals surface area contributed by atoms with Crippen molar-refractivity contribution in [3.63, 3.8) is 0 Å². The van der Waals surface area contributed by atoms with Crippen LogP contribution in [0.4, 0.5) is 4.39 Å². The van der Waals surface area contributed by atoms with E-state index in [-0.39, 0.29) is 6.10 Å². The summed E-state index contributed by atoms with van der Waals surface area (Å²) in [6.07, 6.45) is -0.145. The molecule has 1 aliphatic rings. The normalized spacial score (nSPS) is 39.1. The Morgan fingerprint density at radius 3 is 2.77 bits per heavy atom. The van der Waals surface area contributed by atoms with Gasteiger partial charge in [0.2, 0.25) is 6.29 Å². The van der Waals surface area contributed by atoms with Gasteiger partial charge in [0.1, 0.15) is 0 Å². The molecule has 3 atom stereocenters. The molecule has 1 saturated heterocycles. The second kappa shape index (κ2) is 3.62. The summed E-state index contributed by atoms with van der Waals surface area (Å²) in [4.78, 5) is 10.6. The summed E-state index contributed by atoms with van der Waals surface area (Å²) >= 11 is 0. The number of ether oxygens (including phenoxy) is 2. The third-order valence-electron chi connectivity index (χ3n) is 2.16. The molecular weight excluding hydrogens is 175 g/mol. The Balaban J connectivity index is 2.59. The number of hydrogen-bond acceptors (Lipinski definition) is 3. The van der Waals surface area contributed by atoms with E-state index in [9.17, 15) is 9.18 Å². The van der Waals surface area contributed by atoms with Crippen LogP contribution in [0.3, 0.4) is 0 Å². The molecule has 3 nitrogen and oxygen atoms in total. The molecule has 1 aliphatic heterocycles. The van der Waals surface area contributed by atoms with Gasteiger partial charge in [-0.2, -0.15) is 0 Å². The van der Waals surface area contributed by atoms with Crippen molar-refractivity contribution in [3.8, 4) is 0 Å². The molecule has 0 bridgehead atoms. The van der Waals surface area contributed by atoms with E-state index in [0.717, 1.165) is 6.42 Å². The molecule has 4 heteroatoms. The molecule has 0 aliphatic carbocycles. The van der Waals surface area contributed by atoms with Crippen LogP contribution in [0.5, 0.6) is 0 Å². The summed E-state index contributed by atoms with van der Waals surface area (Å²) in [5.41, 5.74) is -1.55. The quantitative estimate of drug-likeness (QED) is 0.623. The lowest BCUT2D eigenvalue weighted by Gasteiger charge is -2.19.